The predicted molar refractivity (Wildman–Crippen MR) is 250 cm³/mol. The third-order valence-electron chi connectivity index (χ3n) is 11.8. The summed E-state index contributed by atoms with van der Waals surface area (Å²) in [7, 11) is 0. The Morgan fingerprint density at radius 2 is 0.600 bits per heavy atom. The third kappa shape index (κ3) is 5.77. The van der Waals surface area contributed by atoms with E-state index in [2.05, 4.69) is 194 Å². The van der Waals surface area contributed by atoms with Crippen LogP contribution in [0.3, 0.4) is 0 Å². The van der Waals surface area contributed by atoms with Crippen molar-refractivity contribution in [3.63, 3.8) is 0 Å². The van der Waals surface area contributed by atoms with Crippen LogP contribution in [0, 0.1) is 0 Å². The fourth-order valence-electron chi connectivity index (χ4n) is 8.85. The molecule has 10 aromatic carbocycles. The molecule has 0 radical (unpaired) electrons. The van der Waals surface area contributed by atoms with Crippen molar-refractivity contribution in [1.29, 1.82) is 0 Å². The van der Waals surface area contributed by atoms with Crippen LogP contribution in [0.15, 0.2) is 206 Å². The monoisotopic (exact) mass is 762 g/mol. The van der Waals surface area contributed by atoms with Crippen molar-refractivity contribution < 1.29 is 0 Å². The lowest BCUT2D eigenvalue weighted by molar-refractivity contribution is 1.23. The molecule has 0 N–H and O–H groups in total. The van der Waals surface area contributed by atoms with E-state index < -0.39 is 0 Å². The second kappa shape index (κ2) is 13.8. The van der Waals surface area contributed by atoms with Gasteiger partial charge in [0.25, 0.3) is 0 Å². The van der Waals surface area contributed by atoms with Crippen LogP contribution in [0.25, 0.3) is 121 Å². The van der Waals surface area contributed by atoms with Crippen LogP contribution in [-0.2, 0) is 0 Å². The average Bonchev–Trinajstić information content (AvgIpc) is 3.33. The van der Waals surface area contributed by atoms with Crippen LogP contribution in [0.5, 0.6) is 0 Å². The van der Waals surface area contributed by atoms with Gasteiger partial charge in [-0.2, -0.15) is 0 Å². The smallest absolute Gasteiger partial charge is 0.160 e. The summed E-state index contributed by atoms with van der Waals surface area (Å²) in [6.07, 6.45) is 0. The van der Waals surface area contributed by atoms with Gasteiger partial charge in [-0.05, 0) is 90.6 Å². The van der Waals surface area contributed by atoms with Crippen molar-refractivity contribution in [2.75, 3.05) is 0 Å². The van der Waals surface area contributed by atoms with Gasteiger partial charge < -0.3 is 0 Å². The Kier molecular flexibility index (Phi) is 7.82. The number of hydrogen-bond acceptors (Lipinski definition) is 4. The van der Waals surface area contributed by atoms with Gasteiger partial charge in [-0.15, -0.1) is 0 Å². The van der Waals surface area contributed by atoms with Crippen LogP contribution in [0.2, 0.25) is 0 Å². The molecule has 0 aliphatic rings. The highest BCUT2D eigenvalue weighted by Gasteiger charge is 2.16. The van der Waals surface area contributed by atoms with Crippen molar-refractivity contribution in [3.05, 3.63) is 206 Å². The summed E-state index contributed by atoms with van der Waals surface area (Å²) in [6, 6.07) is 72.9. The first-order valence-corrected chi connectivity index (χ1v) is 20.3. The SMILES string of the molecule is c1cc(-c2cccc(-c3nc(-c4ccc5c(ccc6ccccc65)c4)nc4ccccc34)c2)cc(-c2nc(-c3ccc4c(ccc5ccccc54)c3)nc3ccccc23)c1. The number of benzene rings is 10. The Morgan fingerprint density at radius 3 is 1.08 bits per heavy atom. The standard InChI is InChI=1S/C56H34N4/c1-3-17-45-35(11-1)23-25-39-33-43(27-29-47(39)45)55-57-51-21-7-5-19-49(51)53(59-55)41-15-9-13-37(31-41)38-14-10-16-42(32-38)54-50-20-6-8-22-52(50)58-56(60-54)44-28-30-48-40(34-44)26-24-36-12-2-4-18-46(36)48/h1-34H. The summed E-state index contributed by atoms with van der Waals surface area (Å²) in [5, 5.41) is 11.8. The molecule has 0 amide bonds. The number of nitrogens with zero attached hydrogens (tertiary/aromatic N) is 4. The second-order valence-corrected chi connectivity index (χ2v) is 15.4. The molecule has 2 aromatic heterocycles. The molecule has 60 heavy (non-hydrogen) atoms. The van der Waals surface area contributed by atoms with Crippen molar-refractivity contribution in [2.24, 2.45) is 0 Å². The Labute approximate surface area is 346 Å². The highest BCUT2D eigenvalue weighted by molar-refractivity contribution is 6.09. The molecule has 4 heteroatoms. The molecule has 0 bridgehead atoms. The van der Waals surface area contributed by atoms with E-state index in [1.807, 2.05) is 12.1 Å². The Morgan fingerprint density at radius 1 is 0.217 bits per heavy atom. The molecule has 2 heterocycles. The van der Waals surface area contributed by atoms with E-state index in [9.17, 15) is 0 Å². The highest BCUT2D eigenvalue weighted by Crippen LogP contribution is 2.37. The van der Waals surface area contributed by atoms with E-state index in [-0.39, 0.29) is 0 Å². The normalized spacial score (nSPS) is 11.7. The van der Waals surface area contributed by atoms with Gasteiger partial charge in [-0.3, -0.25) is 0 Å². The van der Waals surface area contributed by atoms with E-state index in [0.29, 0.717) is 11.6 Å². The molecule has 0 aliphatic heterocycles. The zero-order valence-electron chi connectivity index (χ0n) is 32.4. The molecule has 0 unspecified atom stereocenters. The van der Waals surface area contributed by atoms with E-state index in [1.54, 1.807) is 0 Å². The lowest BCUT2D eigenvalue weighted by atomic mass is 9.96. The van der Waals surface area contributed by atoms with Crippen molar-refractivity contribution in [2.45, 2.75) is 0 Å². The van der Waals surface area contributed by atoms with Gasteiger partial charge in [0.15, 0.2) is 11.6 Å². The zero-order valence-corrected chi connectivity index (χ0v) is 32.4. The van der Waals surface area contributed by atoms with Gasteiger partial charge in [0.1, 0.15) is 0 Å². The third-order valence-corrected chi connectivity index (χ3v) is 11.8. The molecule has 0 saturated heterocycles. The lowest BCUT2D eigenvalue weighted by Crippen LogP contribution is -1.96. The minimum atomic E-state index is 0.706. The molecular formula is C56H34N4. The van der Waals surface area contributed by atoms with Crippen LogP contribution < -0.4 is 0 Å². The van der Waals surface area contributed by atoms with Crippen molar-refractivity contribution in [3.8, 4) is 56.4 Å². The van der Waals surface area contributed by atoms with Gasteiger partial charge in [-0.1, -0.05) is 170 Å². The average molecular weight is 763 g/mol. The maximum Gasteiger partial charge on any atom is 0.160 e. The maximum absolute atomic E-state index is 5.29. The minimum absolute atomic E-state index is 0.706. The Hall–Kier alpha value is -8.08. The zero-order chi connectivity index (χ0) is 39.6. The molecule has 0 saturated carbocycles. The second-order valence-electron chi connectivity index (χ2n) is 15.4. The summed E-state index contributed by atoms with van der Waals surface area (Å²) in [4.78, 5) is 20.7. The first kappa shape index (κ1) is 34.0. The van der Waals surface area contributed by atoms with Crippen LogP contribution in [-0.4, -0.2) is 19.9 Å². The van der Waals surface area contributed by atoms with Crippen LogP contribution >= 0.6 is 0 Å². The molecule has 0 aliphatic carbocycles. The van der Waals surface area contributed by atoms with Gasteiger partial charge in [-0.25, -0.2) is 19.9 Å². The molecule has 0 atom stereocenters. The summed E-state index contributed by atoms with van der Waals surface area (Å²) in [5.74, 6) is 1.41. The van der Waals surface area contributed by atoms with Gasteiger partial charge >= 0.3 is 0 Å². The molecule has 278 valence electrons. The summed E-state index contributed by atoms with van der Waals surface area (Å²) < 4.78 is 0. The van der Waals surface area contributed by atoms with Crippen molar-refractivity contribution in [1.82, 2.24) is 19.9 Å². The van der Waals surface area contributed by atoms with Gasteiger partial charge in [0, 0.05) is 33.0 Å². The van der Waals surface area contributed by atoms with E-state index in [4.69, 9.17) is 19.9 Å². The van der Waals surface area contributed by atoms with Gasteiger partial charge in [0.05, 0.1) is 22.4 Å². The van der Waals surface area contributed by atoms with Crippen molar-refractivity contribution >= 4 is 64.9 Å². The number of rotatable bonds is 5. The summed E-state index contributed by atoms with van der Waals surface area (Å²) >= 11 is 0. The first-order valence-electron chi connectivity index (χ1n) is 20.3. The molecule has 12 aromatic rings. The Balaban J connectivity index is 0.946. The lowest BCUT2D eigenvalue weighted by Gasteiger charge is -2.13. The highest BCUT2D eigenvalue weighted by atomic mass is 14.9. The summed E-state index contributed by atoms with van der Waals surface area (Å²) in [5.41, 5.74) is 9.86. The maximum atomic E-state index is 5.29. The van der Waals surface area contributed by atoms with E-state index in [1.165, 1.54) is 43.1 Å². The van der Waals surface area contributed by atoms with Gasteiger partial charge in [0.2, 0.25) is 0 Å². The number of aromatic nitrogens is 4. The van der Waals surface area contributed by atoms with E-state index in [0.717, 1.165) is 66.6 Å². The molecule has 12 rings (SSSR count). The molecule has 4 nitrogen and oxygen atoms in total. The van der Waals surface area contributed by atoms with Crippen LogP contribution in [0.4, 0.5) is 0 Å². The topological polar surface area (TPSA) is 51.6 Å². The largest absolute Gasteiger partial charge is 0.228 e. The Bertz CT molecular complexity index is 3440. The van der Waals surface area contributed by atoms with Crippen LogP contribution in [0.1, 0.15) is 0 Å². The fourth-order valence-corrected chi connectivity index (χ4v) is 8.85. The first-order chi connectivity index (χ1) is 29.7. The number of fused-ring (bicyclic) bond motifs is 8. The minimum Gasteiger partial charge on any atom is -0.228 e. The molecule has 0 fully saturated rings. The predicted octanol–water partition coefficient (Wildman–Crippen LogP) is 14.5. The quantitative estimate of drug-likeness (QED) is 0.164. The number of para-hydroxylation sites is 2. The summed E-state index contributed by atoms with van der Waals surface area (Å²) in [6.45, 7) is 0. The molecule has 0 spiro atoms. The fraction of sp³-hybridized carbons (Fsp3) is 0. The van der Waals surface area contributed by atoms with E-state index >= 15 is 0 Å². The number of hydrogen-bond donors (Lipinski definition) is 0. The molecular weight excluding hydrogens is 729 g/mol.